The molecular weight excluding hydrogens is 342 g/mol. The van der Waals surface area contributed by atoms with E-state index >= 15 is 0 Å². The van der Waals surface area contributed by atoms with Crippen molar-refractivity contribution in [1.29, 1.82) is 0 Å². The van der Waals surface area contributed by atoms with E-state index in [1.807, 2.05) is 35.8 Å². The van der Waals surface area contributed by atoms with Crippen molar-refractivity contribution in [2.24, 2.45) is 0 Å². The first kappa shape index (κ1) is 16.9. The third kappa shape index (κ3) is 3.29. The average Bonchev–Trinajstić information content (AvgIpc) is 3.35. The summed E-state index contributed by atoms with van der Waals surface area (Å²) in [7, 11) is 1.74. The van der Waals surface area contributed by atoms with Crippen molar-refractivity contribution in [3.63, 3.8) is 0 Å². The van der Waals surface area contributed by atoms with Crippen LogP contribution < -0.4 is 0 Å². The normalized spacial score (nSPS) is 12.2. The van der Waals surface area contributed by atoms with Gasteiger partial charge in [0.1, 0.15) is 12.0 Å². The summed E-state index contributed by atoms with van der Waals surface area (Å²) in [6.07, 6.45) is 4.93. The van der Waals surface area contributed by atoms with E-state index in [2.05, 4.69) is 25.1 Å². The Morgan fingerprint density at radius 1 is 1.26 bits per heavy atom. The van der Waals surface area contributed by atoms with Gasteiger partial charge in [0.15, 0.2) is 0 Å². The Hall–Kier alpha value is -3.55. The Morgan fingerprint density at radius 2 is 2.11 bits per heavy atom. The SMILES string of the molecule is C[C@H](c1ccncn1)N(C)C(=O)c1cc(Cn2cnc3ccccc32)[nH]n1. The van der Waals surface area contributed by atoms with Gasteiger partial charge in [0.05, 0.1) is 41.3 Å². The zero-order valence-electron chi connectivity index (χ0n) is 15.1. The molecule has 8 nitrogen and oxygen atoms in total. The summed E-state index contributed by atoms with van der Waals surface area (Å²) in [6.45, 7) is 2.48. The van der Waals surface area contributed by atoms with Crippen molar-refractivity contribution in [2.45, 2.75) is 19.5 Å². The van der Waals surface area contributed by atoms with Crippen molar-refractivity contribution < 1.29 is 4.79 Å². The fourth-order valence-corrected chi connectivity index (χ4v) is 2.98. The highest BCUT2D eigenvalue weighted by Gasteiger charge is 2.22. The minimum absolute atomic E-state index is 0.167. The molecular formula is C19H19N7O. The quantitative estimate of drug-likeness (QED) is 0.589. The number of rotatable bonds is 5. The van der Waals surface area contributed by atoms with Crippen LogP contribution >= 0.6 is 0 Å². The molecule has 1 amide bonds. The molecule has 1 atom stereocenters. The van der Waals surface area contributed by atoms with Gasteiger partial charge in [-0.1, -0.05) is 12.1 Å². The molecule has 0 unspecified atom stereocenters. The number of carbonyl (C=O) groups is 1. The van der Waals surface area contributed by atoms with Crippen LogP contribution in [0.3, 0.4) is 0 Å². The summed E-state index contributed by atoms with van der Waals surface area (Å²) in [5, 5.41) is 7.14. The third-order valence-corrected chi connectivity index (χ3v) is 4.65. The number of hydrogen-bond acceptors (Lipinski definition) is 5. The second kappa shape index (κ2) is 6.99. The Balaban J connectivity index is 1.51. The van der Waals surface area contributed by atoms with E-state index < -0.39 is 0 Å². The van der Waals surface area contributed by atoms with Crippen molar-refractivity contribution in [3.8, 4) is 0 Å². The highest BCUT2D eigenvalue weighted by molar-refractivity contribution is 5.92. The van der Waals surface area contributed by atoms with Gasteiger partial charge in [0, 0.05) is 13.2 Å². The highest BCUT2D eigenvalue weighted by Crippen LogP contribution is 2.18. The van der Waals surface area contributed by atoms with E-state index in [-0.39, 0.29) is 11.9 Å². The predicted octanol–water partition coefficient (Wildman–Crippen LogP) is 2.43. The minimum Gasteiger partial charge on any atom is -0.332 e. The summed E-state index contributed by atoms with van der Waals surface area (Å²) >= 11 is 0. The monoisotopic (exact) mass is 361 g/mol. The standard InChI is InChI=1S/C19H19N7O/c1-13(15-7-8-20-11-21-15)25(2)19(27)17-9-14(23-24-17)10-26-12-22-16-5-3-4-6-18(16)26/h3-9,11-13H,10H2,1-2H3,(H,23,24)/t13-/m1/s1. The average molecular weight is 361 g/mol. The van der Waals surface area contributed by atoms with Gasteiger partial charge in [-0.25, -0.2) is 15.0 Å². The Kier molecular flexibility index (Phi) is 4.37. The second-order valence-electron chi connectivity index (χ2n) is 6.37. The molecule has 4 aromatic rings. The Morgan fingerprint density at radius 3 is 2.93 bits per heavy atom. The van der Waals surface area contributed by atoms with Crippen LogP contribution in [0.1, 0.15) is 34.8 Å². The molecule has 0 saturated heterocycles. The molecule has 1 N–H and O–H groups in total. The predicted molar refractivity (Wildman–Crippen MR) is 100.0 cm³/mol. The number of aromatic amines is 1. The van der Waals surface area contributed by atoms with E-state index in [1.165, 1.54) is 6.33 Å². The van der Waals surface area contributed by atoms with Crippen LogP contribution in [-0.4, -0.2) is 47.6 Å². The summed E-state index contributed by atoms with van der Waals surface area (Å²) < 4.78 is 2.02. The molecule has 8 heteroatoms. The number of aromatic nitrogens is 6. The van der Waals surface area contributed by atoms with Gasteiger partial charge >= 0.3 is 0 Å². The maximum atomic E-state index is 12.8. The van der Waals surface area contributed by atoms with Crippen LogP contribution in [0.25, 0.3) is 11.0 Å². The van der Waals surface area contributed by atoms with Crippen molar-refractivity contribution in [1.82, 2.24) is 34.6 Å². The molecule has 0 bridgehead atoms. The smallest absolute Gasteiger partial charge is 0.274 e. The third-order valence-electron chi connectivity index (χ3n) is 4.65. The van der Waals surface area contributed by atoms with E-state index in [0.717, 1.165) is 22.4 Å². The number of fused-ring (bicyclic) bond motifs is 1. The largest absolute Gasteiger partial charge is 0.332 e. The molecule has 0 radical (unpaired) electrons. The number of para-hydroxylation sites is 2. The molecule has 3 aromatic heterocycles. The van der Waals surface area contributed by atoms with E-state index in [9.17, 15) is 4.79 Å². The molecule has 0 aliphatic rings. The summed E-state index contributed by atoms with van der Waals surface area (Å²) in [5.74, 6) is -0.167. The van der Waals surface area contributed by atoms with E-state index in [1.54, 1.807) is 36.6 Å². The van der Waals surface area contributed by atoms with E-state index in [0.29, 0.717) is 12.2 Å². The lowest BCUT2D eigenvalue weighted by atomic mass is 10.2. The lowest BCUT2D eigenvalue weighted by Crippen LogP contribution is -2.30. The summed E-state index contributed by atoms with van der Waals surface area (Å²) in [6, 6.07) is 11.3. The van der Waals surface area contributed by atoms with Crippen LogP contribution in [0.15, 0.2) is 55.2 Å². The van der Waals surface area contributed by atoms with Crippen LogP contribution in [0.4, 0.5) is 0 Å². The number of nitrogens with zero attached hydrogens (tertiary/aromatic N) is 6. The topological polar surface area (TPSA) is 92.6 Å². The minimum atomic E-state index is -0.182. The fraction of sp³-hybridized carbons (Fsp3) is 0.211. The van der Waals surface area contributed by atoms with Gasteiger partial charge in [0.2, 0.25) is 0 Å². The zero-order valence-corrected chi connectivity index (χ0v) is 15.1. The lowest BCUT2D eigenvalue weighted by molar-refractivity contribution is 0.0733. The van der Waals surface area contributed by atoms with Gasteiger partial charge in [-0.3, -0.25) is 9.89 Å². The molecule has 0 spiro atoms. The first-order valence-electron chi connectivity index (χ1n) is 8.60. The summed E-state index contributed by atoms with van der Waals surface area (Å²) in [4.78, 5) is 26.9. The fourth-order valence-electron chi connectivity index (χ4n) is 2.98. The van der Waals surface area contributed by atoms with Gasteiger partial charge < -0.3 is 9.47 Å². The van der Waals surface area contributed by atoms with Gasteiger partial charge in [-0.2, -0.15) is 5.10 Å². The van der Waals surface area contributed by atoms with Crippen LogP contribution in [0.5, 0.6) is 0 Å². The Bertz CT molecular complexity index is 1070. The van der Waals surface area contributed by atoms with Crippen LogP contribution in [0, 0.1) is 0 Å². The first-order chi connectivity index (χ1) is 13.1. The molecule has 0 aliphatic heterocycles. The number of nitrogens with one attached hydrogen (secondary N) is 1. The number of H-pyrrole nitrogens is 1. The number of amides is 1. The number of imidazole rings is 1. The molecule has 27 heavy (non-hydrogen) atoms. The maximum Gasteiger partial charge on any atom is 0.274 e. The van der Waals surface area contributed by atoms with Gasteiger partial charge in [0.25, 0.3) is 5.91 Å². The first-order valence-corrected chi connectivity index (χ1v) is 8.60. The summed E-state index contributed by atoms with van der Waals surface area (Å²) in [5.41, 5.74) is 3.96. The van der Waals surface area contributed by atoms with Gasteiger partial charge in [-0.15, -0.1) is 0 Å². The number of benzene rings is 1. The molecule has 0 aliphatic carbocycles. The van der Waals surface area contributed by atoms with Crippen LogP contribution in [-0.2, 0) is 6.54 Å². The van der Waals surface area contributed by atoms with Crippen molar-refractivity contribution in [2.75, 3.05) is 7.05 Å². The molecule has 136 valence electrons. The maximum absolute atomic E-state index is 12.8. The molecule has 3 heterocycles. The molecule has 0 saturated carbocycles. The molecule has 0 fully saturated rings. The number of hydrogen-bond donors (Lipinski definition) is 1. The zero-order chi connectivity index (χ0) is 18.8. The van der Waals surface area contributed by atoms with Crippen LogP contribution in [0.2, 0.25) is 0 Å². The lowest BCUT2D eigenvalue weighted by Gasteiger charge is -2.23. The highest BCUT2D eigenvalue weighted by atomic mass is 16.2. The second-order valence-corrected chi connectivity index (χ2v) is 6.37. The Labute approximate surface area is 155 Å². The molecule has 4 rings (SSSR count). The van der Waals surface area contributed by atoms with E-state index in [4.69, 9.17) is 0 Å². The molecule has 1 aromatic carbocycles. The van der Waals surface area contributed by atoms with Gasteiger partial charge in [-0.05, 0) is 31.2 Å². The number of carbonyl (C=O) groups excluding carboxylic acids is 1. The van der Waals surface area contributed by atoms with Crippen molar-refractivity contribution >= 4 is 16.9 Å². The van der Waals surface area contributed by atoms with Crippen molar-refractivity contribution in [3.05, 3.63) is 72.3 Å².